The largest absolute Gasteiger partial charge is 0.316 e. The fourth-order valence-corrected chi connectivity index (χ4v) is 4.34. The standard InChI is InChI=1S/C14H21BrN2O2S.ClH/c1-11-4-5-13(15)9-14(11)20(18,19)17-8-6-12-3-2-7-16-10-12;/h4-5,9,12,16-17H,2-3,6-8,10H2,1H3;1H. The minimum Gasteiger partial charge on any atom is -0.316 e. The maximum Gasteiger partial charge on any atom is 0.240 e. The molecule has 1 fully saturated rings. The molecule has 1 atom stereocenters. The molecule has 1 unspecified atom stereocenters. The van der Waals surface area contributed by atoms with E-state index in [-0.39, 0.29) is 12.4 Å². The normalized spacial score (nSPS) is 19.0. The van der Waals surface area contributed by atoms with Crippen molar-refractivity contribution in [1.82, 2.24) is 10.0 Å². The highest BCUT2D eigenvalue weighted by atomic mass is 79.9. The van der Waals surface area contributed by atoms with E-state index in [1.54, 1.807) is 6.07 Å². The number of halogens is 2. The molecule has 0 radical (unpaired) electrons. The van der Waals surface area contributed by atoms with E-state index in [9.17, 15) is 8.42 Å². The summed E-state index contributed by atoms with van der Waals surface area (Å²) in [4.78, 5) is 0.355. The van der Waals surface area contributed by atoms with Gasteiger partial charge in [-0.1, -0.05) is 22.0 Å². The van der Waals surface area contributed by atoms with E-state index in [2.05, 4.69) is 26.0 Å². The zero-order valence-electron chi connectivity index (χ0n) is 12.1. The maximum absolute atomic E-state index is 12.3. The van der Waals surface area contributed by atoms with E-state index in [4.69, 9.17) is 0 Å². The number of benzene rings is 1. The Balaban J connectivity index is 0.00000220. The summed E-state index contributed by atoms with van der Waals surface area (Å²) < 4.78 is 28.1. The van der Waals surface area contributed by atoms with Gasteiger partial charge in [0, 0.05) is 11.0 Å². The Kier molecular flexibility index (Phi) is 7.64. The van der Waals surface area contributed by atoms with Crippen LogP contribution in [0.1, 0.15) is 24.8 Å². The zero-order valence-corrected chi connectivity index (χ0v) is 15.3. The van der Waals surface area contributed by atoms with Gasteiger partial charge in [-0.05, 0) is 62.9 Å². The van der Waals surface area contributed by atoms with Crippen molar-refractivity contribution in [3.05, 3.63) is 28.2 Å². The number of rotatable bonds is 5. The predicted molar refractivity (Wildman–Crippen MR) is 91.5 cm³/mol. The summed E-state index contributed by atoms with van der Waals surface area (Å²) in [5.41, 5.74) is 0.764. The van der Waals surface area contributed by atoms with Gasteiger partial charge >= 0.3 is 0 Å². The highest BCUT2D eigenvalue weighted by Crippen LogP contribution is 2.20. The Morgan fingerprint density at radius 2 is 2.19 bits per heavy atom. The average molecular weight is 398 g/mol. The summed E-state index contributed by atoms with van der Waals surface area (Å²) in [7, 11) is -3.41. The first-order valence-corrected chi connectivity index (χ1v) is 9.23. The summed E-state index contributed by atoms with van der Waals surface area (Å²) in [6.45, 7) is 4.39. The second-order valence-electron chi connectivity index (χ2n) is 5.31. The first-order chi connectivity index (χ1) is 9.49. The van der Waals surface area contributed by atoms with Crippen molar-refractivity contribution in [2.75, 3.05) is 19.6 Å². The molecule has 0 bridgehead atoms. The zero-order chi connectivity index (χ0) is 14.6. The van der Waals surface area contributed by atoms with E-state index >= 15 is 0 Å². The molecule has 21 heavy (non-hydrogen) atoms. The molecule has 0 aliphatic carbocycles. The molecule has 0 aromatic heterocycles. The molecule has 1 aromatic rings. The van der Waals surface area contributed by atoms with Crippen LogP contribution in [0.5, 0.6) is 0 Å². The molecule has 1 aliphatic heterocycles. The number of piperidine rings is 1. The van der Waals surface area contributed by atoms with E-state index < -0.39 is 10.0 Å². The Morgan fingerprint density at radius 3 is 2.86 bits per heavy atom. The van der Waals surface area contributed by atoms with Crippen molar-refractivity contribution in [2.45, 2.75) is 31.1 Å². The molecule has 1 aromatic carbocycles. The quantitative estimate of drug-likeness (QED) is 0.803. The molecule has 2 rings (SSSR count). The molecule has 4 nitrogen and oxygen atoms in total. The second-order valence-corrected chi connectivity index (χ2v) is 7.96. The van der Waals surface area contributed by atoms with Gasteiger partial charge in [0.25, 0.3) is 0 Å². The lowest BCUT2D eigenvalue weighted by atomic mass is 9.96. The summed E-state index contributed by atoms with van der Waals surface area (Å²) in [6, 6.07) is 5.31. The van der Waals surface area contributed by atoms with Crippen LogP contribution < -0.4 is 10.0 Å². The highest BCUT2D eigenvalue weighted by Gasteiger charge is 2.18. The van der Waals surface area contributed by atoms with Gasteiger partial charge in [0.1, 0.15) is 0 Å². The fraction of sp³-hybridized carbons (Fsp3) is 0.571. The van der Waals surface area contributed by atoms with E-state index in [0.29, 0.717) is 17.4 Å². The smallest absolute Gasteiger partial charge is 0.240 e. The lowest BCUT2D eigenvalue weighted by Gasteiger charge is -2.22. The molecule has 7 heteroatoms. The molecule has 1 heterocycles. The van der Waals surface area contributed by atoms with Gasteiger partial charge in [0.05, 0.1) is 4.90 Å². The maximum atomic E-state index is 12.3. The Bertz CT molecular complexity index is 560. The minimum absolute atomic E-state index is 0. The van der Waals surface area contributed by atoms with Crippen LogP contribution in [0, 0.1) is 12.8 Å². The van der Waals surface area contributed by atoms with Crippen LogP contribution in [0.3, 0.4) is 0 Å². The molecule has 0 saturated carbocycles. The van der Waals surface area contributed by atoms with Gasteiger partial charge in [0.15, 0.2) is 0 Å². The van der Waals surface area contributed by atoms with Crippen LogP contribution in [-0.2, 0) is 10.0 Å². The Hall–Kier alpha value is -0.140. The summed E-state index contributed by atoms with van der Waals surface area (Å²) in [5.74, 6) is 0.579. The van der Waals surface area contributed by atoms with Crippen LogP contribution in [0.4, 0.5) is 0 Å². The van der Waals surface area contributed by atoms with Crippen molar-refractivity contribution in [3.63, 3.8) is 0 Å². The number of hydrogen-bond acceptors (Lipinski definition) is 3. The van der Waals surface area contributed by atoms with Crippen molar-refractivity contribution < 1.29 is 8.42 Å². The highest BCUT2D eigenvalue weighted by molar-refractivity contribution is 9.10. The third-order valence-corrected chi connectivity index (χ3v) is 5.78. The van der Waals surface area contributed by atoms with Gasteiger partial charge in [-0.15, -0.1) is 12.4 Å². The second kappa shape index (κ2) is 8.48. The van der Waals surface area contributed by atoms with Crippen molar-refractivity contribution in [3.8, 4) is 0 Å². The van der Waals surface area contributed by atoms with Gasteiger partial charge in [-0.3, -0.25) is 0 Å². The lowest BCUT2D eigenvalue weighted by molar-refractivity contribution is 0.358. The van der Waals surface area contributed by atoms with Crippen molar-refractivity contribution in [2.24, 2.45) is 5.92 Å². The number of aryl methyl sites for hydroxylation is 1. The lowest BCUT2D eigenvalue weighted by Crippen LogP contribution is -2.33. The van der Waals surface area contributed by atoms with Crippen molar-refractivity contribution >= 4 is 38.4 Å². The molecule has 1 aliphatic rings. The van der Waals surface area contributed by atoms with Gasteiger partial charge in [-0.25, -0.2) is 13.1 Å². The molecule has 0 spiro atoms. The molecule has 1 saturated heterocycles. The summed E-state index contributed by atoms with van der Waals surface area (Å²) in [6.07, 6.45) is 3.26. The van der Waals surface area contributed by atoms with E-state index in [1.807, 2.05) is 19.1 Å². The molecular weight excluding hydrogens is 376 g/mol. The number of nitrogens with one attached hydrogen (secondary N) is 2. The molecule has 0 amide bonds. The SMILES string of the molecule is Cc1ccc(Br)cc1S(=O)(=O)NCCC1CCCNC1.Cl. The van der Waals surface area contributed by atoms with E-state index in [1.165, 1.54) is 12.8 Å². The predicted octanol–water partition coefficient (Wildman–Crippen LogP) is 2.85. The number of sulfonamides is 1. The number of hydrogen-bond donors (Lipinski definition) is 2. The van der Waals surface area contributed by atoms with Crippen LogP contribution in [0.25, 0.3) is 0 Å². The molecular formula is C14H22BrClN2O2S. The molecule has 2 N–H and O–H groups in total. The van der Waals surface area contributed by atoms with Crippen molar-refractivity contribution in [1.29, 1.82) is 0 Å². The van der Waals surface area contributed by atoms with Gasteiger partial charge < -0.3 is 5.32 Å². The topological polar surface area (TPSA) is 58.2 Å². The van der Waals surface area contributed by atoms with Crippen LogP contribution in [0.15, 0.2) is 27.6 Å². The van der Waals surface area contributed by atoms with Gasteiger partial charge in [-0.2, -0.15) is 0 Å². The summed E-state index contributed by atoms with van der Waals surface area (Å²) >= 11 is 3.32. The Morgan fingerprint density at radius 1 is 1.43 bits per heavy atom. The van der Waals surface area contributed by atoms with Crippen LogP contribution >= 0.6 is 28.3 Å². The first-order valence-electron chi connectivity index (χ1n) is 6.95. The average Bonchev–Trinajstić information content (AvgIpc) is 2.42. The summed E-state index contributed by atoms with van der Waals surface area (Å²) in [5, 5.41) is 3.35. The van der Waals surface area contributed by atoms with Gasteiger partial charge in [0.2, 0.25) is 10.0 Å². The fourth-order valence-electron chi connectivity index (χ4n) is 2.51. The monoisotopic (exact) mass is 396 g/mol. The minimum atomic E-state index is -3.41. The third kappa shape index (κ3) is 5.53. The third-order valence-electron chi connectivity index (χ3n) is 3.68. The Labute approximate surface area is 141 Å². The van der Waals surface area contributed by atoms with Crippen LogP contribution in [0.2, 0.25) is 0 Å². The molecule has 120 valence electrons. The van der Waals surface area contributed by atoms with E-state index in [0.717, 1.165) is 29.5 Å². The first kappa shape index (κ1) is 18.9. The van der Waals surface area contributed by atoms with Crippen LogP contribution in [-0.4, -0.2) is 28.1 Å².